The van der Waals surface area contributed by atoms with Gasteiger partial charge in [-0.05, 0) is 56.0 Å². The van der Waals surface area contributed by atoms with E-state index in [1.807, 2.05) is 6.08 Å². The predicted molar refractivity (Wildman–Crippen MR) is 108 cm³/mol. The number of nitrogens with zero attached hydrogens (tertiary/aromatic N) is 3. The molecule has 1 unspecified atom stereocenters. The van der Waals surface area contributed by atoms with E-state index >= 15 is 0 Å². The molecule has 2 aromatic heterocycles. The van der Waals surface area contributed by atoms with Crippen LogP contribution in [0.1, 0.15) is 29.3 Å². The number of benzene rings is 1. The molecule has 7 heteroatoms. The average molecular weight is 376 g/mol. The molecular formula is C21H24N6O. The van der Waals surface area contributed by atoms with Crippen molar-refractivity contribution in [3.05, 3.63) is 53.5 Å². The normalized spacial score (nSPS) is 24.6. The van der Waals surface area contributed by atoms with Crippen LogP contribution >= 0.6 is 0 Å². The zero-order valence-electron chi connectivity index (χ0n) is 16.1. The van der Waals surface area contributed by atoms with Gasteiger partial charge in [-0.3, -0.25) is 15.2 Å². The second-order valence-electron chi connectivity index (χ2n) is 7.99. The molecule has 1 saturated heterocycles. The molecule has 0 saturated carbocycles. The van der Waals surface area contributed by atoms with E-state index in [1.165, 1.54) is 22.0 Å². The van der Waals surface area contributed by atoms with Crippen LogP contribution in [0.4, 0.5) is 5.95 Å². The van der Waals surface area contributed by atoms with Gasteiger partial charge in [0, 0.05) is 35.6 Å². The molecule has 3 atom stereocenters. The highest BCUT2D eigenvalue weighted by atomic mass is 16.1. The summed E-state index contributed by atoms with van der Waals surface area (Å²) in [5, 5.41) is 10.8. The Hall–Kier alpha value is -2.93. The fourth-order valence-electron chi connectivity index (χ4n) is 4.90. The summed E-state index contributed by atoms with van der Waals surface area (Å²) in [7, 11) is 2.20. The van der Waals surface area contributed by atoms with Crippen molar-refractivity contribution in [3.63, 3.8) is 0 Å². The number of nitrogens with one attached hydrogen (secondary N) is 3. The molecule has 1 aromatic carbocycles. The van der Waals surface area contributed by atoms with Gasteiger partial charge in [-0.2, -0.15) is 4.98 Å². The van der Waals surface area contributed by atoms with Gasteiger partial charge in [0.25, 0.3) is 0 Å². The molecule has 0 bridgehead atoms. The second kappa shape index (κ2) is 6.60. The topological polar surface area (TPSA) is 89.7 Å². The number of aryl methyl sites for hydroxylation is 1. The number of aromatic nitrogens is 4. The first-order valence-electron chi connectivity index (χ1n) is 9.76. The van der Waals surface area contributed by atoms with E-state index in [4.69, 9.17) is 0 Å². The van der Waals surface area contributed by atoms with Crippen molar-refractivity contribution in [2.24, 2.45) is 5.92 Å². The lowest BCUT2D eigenvalue weighted by Gasteiger charge is -2.45. The van der Waals surface area contributed by atoms with Crippen molar-refractivity contribution in [1.82, 2.24) is 25.1 Å². The summed E-state index contributed by atoms with van der Waals surface area (Å²) in [5.74, 6) is 1.62. The van der Waals surface area contributed by atoms with E-state index in [1.54, 1.807) is 13.0 Å². The van der Waals surface area contributed by atoms with Crippen molar-refractivity contribution in [3.8, 4) is 0 Å². The van der Waals surface area contributed by atoms with Crippen LogP contribution in [0.5, 0.6) is 0 Å². The third-order valence-electron chi connectivity index (χ3n) is 6.11. The molecule has 28 heavy (non-hydrogen) atoms. The van der Waals surface area contributed by atoms with Gasteiger partial charge < -0.3 is 9.88 Å². The fraction of sp³-hybridized carbons (Fsp3) is 0.381. The summed E-state index contributed by atoms with van der Waals surface area (Å²) in [5.41, 5.74) is 4.09. The predicted octanol–water partition coefficient (Wildman–Crippen LogP) is 2.75. The van der Waals surface area contributed by atoms with Gasteiger partial charge in [0.2, 0.25) is 11.9 Å². The summed E-state index contributed by atoms with van der Waals surface area (Å²) >= 11 is 0. The van der Waals surface area contributed by atoms with Crippen molar-refractivity contribution in [1.29, 1.82) is 0 Å². The number of hydrogen-bond donors (Lipinski definition) is 3. The summed E-state index contributed by atoms with van der Waals surface area (Å²) in [4.78, 5) is 22.2. The molecule has 3 N–H and O–H groups in total. The van der Waals surface area contributed by atoms with Crippen molar-refractivity contribution >= 4 is 22.8 Å². The summed E-state index contributed by atoms with van der Waals surface area (Å²) in [6, 6.07) is 7.09. The summed E-state index contributed by atoms with van der Waals surface area (Å²) < 4.78 is 0. The number of carbonyl (C=O) groups is 1. The van der Waals surface area contributed by atoms with Gasteiger partial charge in [-0.1, -0.05) is 18.2 Å². The molecule has 1 aliphatic heterocycles. The lowest BCUT2D eigenvalue weighted by molar-refractivity contribution is -0.112. The minimum atomic E-state index is -0.192. The first kappa shape index (κ1) is 17.2. The Bertz CT molecular complexity index is 1060. The molecule has 3 aromatic rings. The molecular weight excluding hydrogens is 352 g/mol. The van der Waals surface area contributed by atoms with Gasteiger partial charge in [0.15, 0.2) is 0 Å². The molecule has 1 aliphatic carbocycles. The third-order valence-corrected chi connectivity index (χ3v) is 6.11. The number of rotatable bonds is 3. The zero-order chi connectivity index (χ0) is 19.3. The largest absolute Gasteiger partial charge is 0.361 e. The lowest BCUT2D eigenvalue weighted by Crippen LogP contribution is -2.47. The summed E-state index contributed by atoms with van der Waals surface area (Å²) in [6.07, 6.45) is 7.96. The van der Waals surface area contributed by atoms with Gasteiger partial charge in [0.1, 0.15) is 5.82 Å². The first-order chi connectivity index (χ1) is 13.6. The van der Waals surface area contributed by atoms with Crippen molar-refractivity contribution in [2.75, 3.05) is 18.9 Å². The molecule has 7 nitrogen and oxygen atoms in total. The molecule has 1 fully saturated rings. The Morgan fingerprint density at radius 2 is 2.29 bits per heavy atom. The van der Waals surface area contributed by atoms with E-state index in [-0.39, 0.29) is 5.91 Å². The SMILES string of the molecule is Cc1nc(NC(=O)/C=C/[C@@H]2CC3c4cccc5[nH]cc(c45)C[C@H]3N(C)C2)n[nH]1. The van der Waals surface area contributed by atoms with E-state index in [0.29, 0.717) is 29.7 Å². The van der Waals surface area contributed by atoms with E-state index in [0.717, 1.165) is 19.4 Å². The Morgan fingerprint density at radius 1 is 1.39 bits per heavy atom. The molecule has 0 spiro atoms. The highest BCUT2D eigenvalue weighted by Crippen LogP contribution is 2.44. The smallest absolute Gasteiger partial charge is 0.250 e. The molecule has 0 radical (unpaired) electrons. The maximum atomic E-state index is 12.2. The molecule has 2 aliphatic rings. The number of amides is 1. The number of aromatic amines is 2. The number of likely N-dealkylation sites (tertiary alicyclic amines) is 1. The van der Waals surface area contributed by atoms with Crippen LogP contribution in [0.2, 0.25) is 0 Å². The number of anilines is 1. The second-order valence-corrected chi connectivity index (χ2v) is 7.99. The minimum Gasteiger partial charge on any atom is -0.361 e. The van der Waals surface area contributed by atoms with E-state index < -0.39 is 0 Å². The van der Waals surface area contributed by atoms with Gasteiger partial charge in [-0.15, -0.1) is 5.10 Å². The molecule has 3 heterocycles. The Morgan fingerprint density at radius 3 is 3.11 bits per heavy atom. The van der Waals surface area contributed by atoms with Gasteiger partial charge >= 0.3 is 0 Å². The van der Waals surface area contributed by atoms with Gasteiger partial charge in [0.05, 0.1) is 0 Å². The third kappa shape index (κ3) is 2.92. The number of piperidine rings is 1. The maximum absolute atomic E-state index is 12.2. The van der Waals surface area contributed by atoms with Crippen LogP contribution in [0.15, 0.2) is 36.5 Å². The van der Waals surface area contributed by atoms with Crippen LogP contribution in [-0.4, -0.2) is 50.6 Å². The highest BCUT2D eigenvalue weighted by molar-refractivity contribution is 5.98. The monoisotopic (exact) mass is 376 g/mol. The Kier molecular flexibility index (Phi) is 4.05. The quantitative estimate of drug-likeness (QED) is 0.613. The molecule has 144 valence electrons. The molecule has 1 amide bonds. The van der Waals surface area contributed by atoms with Crippen molar-refractivity contribution < 1.29 is 4.79 Å². The Balaban J connectivity index is 1.35. The fourth-order valence-corrected chi connectivity index (χ4v) is 4.90. The zero-order valence-corrected chi connectivity index (χ0v) is 16.1. The number of H-pyrrole nitrogens is 2. The van der Waals surface area contributed by atoms with Crippen LogP contribution in [0, 0.1) is 12.8 Å². The number of hydrogen-bond acceptors (Lipinski definition) is 4. The highest BCUT2D eigenvalue weighted by Gasteiger charge is 2.38. The minimum absolute atomic E-state index is 0.192. The van der Waals surface area contributed by atoms with E-state index in [2.05, 4.69) is 61.8 Å². The van der Waals surface area contributed by atoms with Crippen molar-refractivity contribution in [2.45, 2.75) is 31.7 Å². The standard InChI is InChI=1S/C21H24N6O/c1-12-23-21(26-25-12)24-19(28)7-6-13-8-16-15-4-3-5-17-20(15)14(10-22-17)9-18(16)27(2)11-13/h3-7,10,13,16,18,22H,8-9,11H2,1-2H3,(H2,23,24,25,26,28)/b7-6+/t13-,16?,18-/m1/s1. The number of carbonyl (C=O) groups excluding carboxylic acids is 1. The van der Waals surface area contributed by atoms with Crippen LogP contribution in [0.3, 0.4) is 0 Å². The summed E-state index contributed by atoms with van der Waals surface area (Å²) in [6.45, 7) is 2.76. The van der Waals surface area contributed by atoms with Gasteiger partial charge in [-0.25, -0.2) is 0 Å². The lowest BCUT2D eigenvalue weighted by atomic mass is 9.72. The van der Waals surface area contributed by atoms with Crippen LogP contribution < -0.4 is 5.32 Å². The number of fused-ring (bicyclic) bond motifs is 2. The molecule has 5 rings (SSSR count). The first-order valence-corrected chi connectivity index (χ1v) is 9.76. The van der Waals surface area contributed by atoms with Crippen LogP contribution in [-0.2, 0) is 11.2 Å². The average Bonchev–Trinajstić information content (AvgIpc) is 3.28. The maximum Gasteiger partial charge on any atom is 0.250 e. The Labute approximate surface area is 163 Å². The number of likely N-dealkylation sites (N-methyl/N-ethyl adjacent to an activating group) is 1. The van der Waals surface area contributed by atoms with E-state index in [9.17, 15) is 4.79 Å². The van der Waals surface area contributed by atoms with Crippen LogP contribution in [0.25, 0.3) is 10.9 Å².